The number of ketones is 1. The lowest BCUT2D eigenvalue weighted by molar-refractivity contribution is 0.0696. The second-order valence-corrected chi connectivity index (χ2v) is 4.46. The summed E-state index contributed by atoms with van der Waals surface area (Å²) in [6.07, 6.45) is 0. The molecule has 0 aliphatic heterocycles. The minimum absolute atomic E-state index is 0.0138. The number of carboxylic acids is 1. The van der Waals surface area contributed by atoms with Crippen LogP contribution in [0.15, 0.2) is 36.4 Å². The summed E-state index contributed by atoms with van der Waals surface area (Å²) in [6.45, 7) is 0. The summed E-state index contributed by atoms with van der Waals surface area (Å²) in [7, 11) is 0. The lowest BCUT2D eigenvalue weighted by Gasteiger charge is -2.03. The Morgan fingerprint density at radius 2 is 1.67 bits per heavy atom. The van der Waals surface area contributed by atoms with Crippen molar-refractivity contribution < 1.29 is 14.7 Å². The van der Waals surface area contributed by atoms with Gasteiger partial charge in [-0.1, -0.05) is 35.9 Å². The summed E-state index contributed by atoms with van der Waals surface area (Å²) in [5, 5.41) is 9.13. The summed E-state index contributed by atoms with van der Waals surface area (Å²) >= 11 is 5.88. The van der Waals surface area contributed by atoms with Crippen LogP contribution in [0.5, 0.6) is 0 Å². The molecule has 0 radical (unpaired) electrons. The van der Waals surface area contributed by atoms with E-state index >= 15 is 0 Å². The number of rotatable bonds is 1. The van der Waals surface area contributed by atoms with Crippen LogP contribution >= 0.6 is 11.6 Å². The van der Waals surface area contributed by atoms with E-state index in [-0.39, 0.29) is 16.4 Å². The molecule has 0 atom stereocenters. The van der Waals surface area contributed by atoms with E-state index in [0.717, 1.165) is 5.56 Å². The molecular weight excluding hydrogens is 252 g/mol. The monoisotopic (exact) mass is 258 g/mol. The van der Waals surface area contributed by atoms with Gasteiger partial charge < -0.3 is 5.11 Å². The van der Waals surface area contributed by atoms with E-state index in [0.29, 0.717) is 16.7 Å². The summed E-state index contributed by atoms with van der Waals surface area (Å²) in [4.78, 5) is 23.2. The number of carbonyl (C=O) groups is 2. The van der Waals surface area contributed by atoms with Crippen LogP contribution in [0.2, 0.25) is 5.02 Å². The van der Waals surface area contributed by atoms with Crippen LogP contribution in [-0.2, 0) is 0 Å². The highest BCUT2D eigenvalue weighted by Crippen LogP contribution is 2.38. The lowest BCUT2D eigenvalue weighted by Crippen LogP contribution is -2.00. The fourth-order valence-corrected chi connectivity index (χ4v) is 2.45. The Kier molecular flexibility index (Phi) is 2.25. The van der Waals surface area contributed by atoms with Crippen molar-refractivity contribution >= 4 is 23.4 Å². The highest BCUT2D eigenvalue weighted by atomic mass is 35.5. The number of hydrogen-bond donors (Lipinski definition) is 1. The number of carbonyl (C=O) groups excluding carboxylic acids is 1. The van der Waals surface area contributed by atoms with Gasteiger partial charge in [-0.2, -0.15) is 0 Å². The molecule has 4 heteroatoms. The molecule has 0 fully saturated rings. The van der Waals surface area contributed by atoms with Gasteiger partial charge >= 0.3 is 5.97 Å². The van der Waals surface area contributed by atoms with Crippen LogP contribution in [0.25, 0.3) is 11.1 Å². The van der Waals surface area contributed by atoms with E-state index in [2.05, 4.69) is 0 Å². The second-order valence-electron chi connectivity index (χ2n) is 4.06. The van der Waals surface area contributed by atoms with Crippen molar-refractivity contribution in [2.24, 2.45) is 0 Å². The molecule has 2 aromatic rings. The molecule has 0 spiro atoms. The molecule has 1 aliphatic rings. The minimum atomic E-state index is -1.10. The Morgan fingerprint density at radius 3 is 2.33 bits per heavy atom. The Hall–Kier alpha value is -2.13. The molecule has 18 heavy (non-hydrogen) atoms. The van der Waals surface area contributed by atoms with Gasteiger partial charge in [-0.25, -0.2) is 4.79 Å². The third kappa shape index (κ3) is 1.38. The minimum Gasteiger partial charge on any atom is -0.478 e. The van der Waals surface area contributed by atoms with Crippen molar-refractivity contribution in [3.8, 4) is 11.1 Å². The van der Waals surface area contributed by atoms with Gasteiger partial charge in [0.05, 0.1) is 10.6 Å². The zero-order valence-corrected chi connectivity index (χ0v) is 9.86. The molecule has 0 bridgehead atoms. The van der Waals surface area contributed by atoms with Gasteiger partial charge in [-0.15, -0.1) is 0 Å². The molecule has 88 valence electrons. The van der Waals surface area contributed by atoms with E-state index in [1.54, 1.807) is 18.2 Å². The number of halogens is 1. The largest absolute Gasteiger partial charge is 0.478 e. The number of aromatic carboxylic acids is 1. The summed E-state index contributed by atoms with van der Waals surface area (Å²) in [5.41, 5.74) is 2.46. The Bertz CT molecular complexity index is 704. The maximum absolute atomic E-state index is 12.1. The van der Waals surface area contributed by atoms with Crippen LogP contribution in [0.3, 0.4) is 0 Å². The van der Waals surface area contributed by atoms with Gasteiger partial charge in [-0.05, 0) is 23.3 Å². The standard InChI is InChI=1S/C14H7ClO3/c15-12-6-10-9(5-11(12)14(17)18)7-3-1-2-4-8(7)13(10)16/h1-6H,(H,17,18). The number of fused-ring (bicyclic) bond motifs is 3. The van der Waals surface area contributed by atoms with E-state index < -0.39 is 5.97 Å². The SMILES string of the molecule is O=C(O)c1cc2c(cc1Cl)C(=O)c1ccccc1-2. The molecule has 0 aromatic heterocycles. The number of hydrogen-bond acceptors (Lipinski definition) is 2. The average Bonchev–Trinajstić information content (AvgIpc) is 2.62. The molecule has 1 aliphatic carbocycles. The molecule has 0 heterocycles. The van der Waals surface area contributed by atoms with Crippen LogP contribution in [-0.4, -0.2) is 16.9 Å². The summed E-state index contributed by atoms with van der Waals surface area (Å²) in [6, 6.07) is 10.0. The smallest absolute Gasteiger partial charge is 0.337 e. The molecule has 0 saturated carbocycles. The van der Waals surface area contributed by atoms with Gasteiger partial charge in [0.25, 0.3) is 0 Å². The van der Waals surface area contributed by atoms with E-state index in [1.165, 1.54) is 12.1 Å². The highest BCUT2D eigenvalue weighted by Gasteiger charge is 2.28. The Morgan fingerprint density at radius 1 is 1.00 bits per heavy atom. The predicted molar refractivity (Wildman–Crippen MR) is 67.3 cm³/mol. The van der Waals surface area contributed by atoms with E-state index in [1.807, 2.05) is 6.07 Å². The zero-order chi connectivity index (χ0) is 12.9. The summed E-state index contributed by atoms with van der Waals surface area (Å²) < 4.78 is 0. The van der Waals surface area contributed by atoms with Gasteiger partial charge in [0.15, 0.2) is 5.78 Å². The van der Waals surface area contributed by atoms with Crippen molar-refractivity contribution in [3.05, 3.63) is 58.1 Å². The van der Waals surface area contributed by atoms with Crippen molar-refractivity contribution in [2.45, 2.75) is 0 Å². The molecule has 3 rings (SSSR count). The average molecular weight is 259 g/mol. The van der Waals surface area contributed by atoms with Crippen molar-refractivity contribution in [2.75, 3.05) is 0 Å². The van der Waals surface area contributed by atoms with Crippen LogP contribution in [0.4, 0.5) is 0 Å². The van der Waals surface area contributed by atoms with Crippen molar-refractivity contribution in [1.29, 1.82) is 0 Å². The molecule has 2 aromatic carbocycles. The first-order chi connectivity index (χ1) is 8.59. The number of carboxylic acid groups (broad SMARTS) is 1. The quantitative estimate of drug-likeness (QED) is 0.729. The van der Waals surface area contributed by atoms with E-state index in [9.17, 15) is 9.59 Å². The molecule has 1 N–H and O–H groups in total. The normalized spacial score (nSPS) is 12.2. The van der Waals surface area contributed by atoms with Gasteiger partial charge in [0, 0.05) is 11.1 Å². The second kappa shape index (κ2) is 3.68. The third-order valence-electron chi connectivity index (χ3n) is 3.04. The van der Waals surface area contributed by atoms with Crippen LogP contribution < -0.4 is 0 Å². The van der Waals surface area contributed by atoms with Gasteiger partial charge in [-0.3, -0.25) is 4.79 Å². The predicted octanol–water partition coefficient (Wildman–Crippen LogP) is 3.25. The van der Waals surface area contributed by atoms with Crippen molar-refractivity contribution in [1.82, 2.24) is 0 Å². The molecule has 0 amide bonds. The first-order valence-corrected chi connectivity index (χ1v) is 5.68. The third-order valence-corrected chi connectivity index (χ3v) is 3.36. The Labute approximate surface area is 108 Å². The fourth-order valence-electron chi connectivity index (χ4n) is 2.21. The first kappa shape index (κ1) is 11.0. The van der Waals surface area contributed by atoms with Crippen LogP contribution in [0, 0.1) is 0 Å². The van der Waals surface area contributed by atoms with Gasteiger partial charge in [0.2, 0.25) is 0 Å². The molecule has 3 nitrogen and oxygen atoms in total. The highest BCUT2D eigenvalue weighted by molar-refractivity contribution is 6.35. The first-order valence-electron chi connectivity index (χ1n) is 5.30. The lowest BCUT2D eigenvalue weighted by atomic mass is 10.0. The maximum atomic E-state index is 12.1. The topological polar surface area (TPSA) is 54.4 Å². The molecule has 0 saturated heterocycles. The van der Waals surface area contributed by atoms with Crippen LogP contribution in [0.1, 0.15) is 26.3 Å². The van der Waals surface area contributed by atoms with Crippen molar-refractivity contribution in [3.63, 3.8) is 0 Å². The zero-order valence-electron chi connectivity index (χ0n) is 9.11. The molecule has 0 unspecified atom stereocenters. The molecular formula is C14H7ClO3. The Balaban J connectivity index is 2.34. The summed E-state index contributed by atoms with van der Waals surface area (Å²) in [5.74, 6) is -1.21. The maximum Gasteiger partial charge on any atom is 0.337 e. The number of benzene rings is 2. The van der Waals surface area contributed by atoms with E-state index in [4.69, 9.17) is 16.7 Å². The van der Waals surface area contributed by atoms with Gasteiger partial charge in [0.1, 0.15) is 0 Å². The fraction of sp³-hybridized carbons (Fsp3) is 0.